The highest BCUT2D eigenvalue weighted by atomic mass is 28.4. The second-order valence-corrected chi connectivity index (χ2v) is 15.2. The Labute approximate surface area is 223 Å². The van der Waals surface area contributed by atoms with Gasteiger partial charge in [-0.1, -0.05) is 93.6 Å². The SMILES string of the molecule is CC(C)(C)[Si](O[C@@H]1C[C@H]2C(=O)N(CC(=O)O)c3ccccc3C(=O)N2C1)(c1ccccc1)c1ccccc1. The normalized spacial score (nSPS) is 19.7. The van der Waals surface area contributed by atoms with Crippen LogP contribution in [0.4, 0.5) is 5.69 Å². The van der Waals surface area contributed by atoms with Crippen LogP contribution in [0.25, 0.3) is 0 Å². The number of aliphatic carboxylic acids is 1. The van der Waals surface area contributed by atoms with E-state index in [9.17, 15) is 19.5 Å². The van der Waals surface area contributed by atoms with Crippen molar-refractivity contribution in [1.29, 1.82) is 0 Å². The zero-order valence-electron chi connectivity index (χ0n) is 21.8. The van der Waals surface area contributed by atoms with Gasteiger partial charge in [-0.25, -0.2) is 0 Å². The number of carboxylic acid groups (broad SMARTS) is 1. The van der Waals surface area contributed by atoms with Crippen molar-refractivity contribution in [2.45, 2.75) is 44.4 Å². The zero-order chi connectivity index (χ0) is 27.1. The number of rotatable bonds is 6. The van der Waals surface area contributed by atoms with Crippen LogP contribution < -0.4 is 15.3 Å². The van der Waals surface area contributed by atoms with E-state index in [0.29, 0.717) is 17.7 Å². The Kier molecular flexibility index (Phi) is 6.71. The highest BCUT2D eigenvalue weighted by Crippen LogP contribution is 2.40. The summed E-state index contributed by atoms with van der Waals surface area (Å²) in [5.74, 6) is -1.80. The maximum atomic E-state index is 13.7. The van der Waals surface area contributed by atoms with E-state index in [1.54, 1.807) is 29.2 Å². The van der Waals surface area contributed by atoms with E-state index < -0.39 is 33.0 Å². The molecule has 2 amide bonds. The summed E-state index contributed by atoms with van der Waals surface area (Å²) in [6.45, 7) is 6.32. The van der Waals surface area contributed by atoms with Crippen molar-refractivity contribution in [2.24, 2.45) is 0 Å². The Morgan fingerprint density at radius 2 is 1.47 bits per heavy atom. The first-order valence-electron chi connectivity index (χ1n) is 12.9. The molecule has 1 N–H and O–H groups in total. The maximum Gasteiger partial charge on any atom is 0.323 e. The maximum absolute atomic E-state index is 13.7. The second kappa shape index (κ2) is 9.85. The number of nitrogens with zero attached hydrogens (tertiary/aromatic N) is 2. The van der Waals surface area contributed by atoms with Crippen molar-refractivity contribution < 1.29 is 23.9 Å². The lowest BCUT2D eigenvalue weighted by molar-refractivity contribution is -0.137. The van der Waals surface area contributed by atoms with E-state index in [1.807, 2.05) is 36.4 Å². The number of hydrogen-bond acceptors (Lipinski definition) is 4. The van der Waals surface area contributed by atoms with Crippen LogP contribution in [-0.4, -0.2) is 61.3 Å². The quantitative estimate of drug-likeness (QED) is 0.497. The van der Waals surface area contributed by atoms with Crippen LogP contribution in [0.5, 0.6) is 0 Å². The molecule has 2 aliphatic rings. The molecule has 1 fully saturated rings. The molecule has 196 valence electrons. The largest absolute Gasteiger partial charge is 0.480 e. The van der Waals surface area contributed by atoms with Gasteiger partial charge in [0.15, 0.2) is 0 Å². The Balaban J connectivity index is 1.57. The van der Waals surface area contributed by atoms with E-state index in [0.717, 1.165) is 10.4 Å². The van der Waals surface area contributed by atoms with Crippen molar-refractivity contribution in [3.05, 3.63) is 90.5 Å². The number of fused-ring (bicyclic) bond motifs is 2. The van der Waals surface area contributed by atoms with Crippen LogP contribution in [0.3, 0.4) is 0 Å². The molecule has 5 rings (SSSR count). The molecule has 7 nitrogen and oxygen atoms in total. The van der Waals surface area contributed by atoms with Gasteiger partial charge in [0.25, 0.3) is 14.2 Å². The molecule has 0 spiro atoms. The number of carbonyl (C=O) groups is 3. The topological polar surface area (TPSA) is 87.1 Å². The molecule has 1 saturated heterocycles. The first-order valence-corrected chi connectivity index (χ1v) is 14.8. The molecule has 2 aliphatic heterocycles. The molecule has 0 radical (unpaired) electrons. The minimum atomic E-state index is -2.91. The van der Waals surface area contributed by atoms with Gasteiger partial charge in [0.2, 0.25) is 5.91 Å². The number of amides is 2. The van der Waals surface area contributed by atoms with Crippen LogP contribution >= 0.6 is 0 Å². The van der Waals surface area contributed by atoms with Crippen LogP contribution in [0.2, 0.25) is 5.04 Å². The van der Waals surface area contributed by atoms with E-state index in [1.165, 1.54) is 4.90 Å². The summed E-state index contributed by atoms with van der Waals surface area (Å²) in [5, 5.41) is 11.5. The van der Waals surface area contributed by atoms with Gasteiger partial charge in [-0.3, -0.25) is 19.3 Å². The van der Waals surface area contributed by atoms with Crippen molar-refractivity contribution in [3.63, 3.8) is 0 Å². The predicted octanol–water partition coefficient (Wildman–Crippen LogP) is 3.28. The summed E-state index contributed by atoms with van der Waals surface area (Å²) in [5.41, 5.74) is 0.666. The average molecular weight is 529 g/mol. The van der Waals surface area contributed by atoms with Crippen LogP contribution in [0, 0.1) is 0 Å². The average Bonchev–Trinajstić information content (AvgIpc) is 3.31. The fourth-order valence-electron chi connectivity index (χ4n) is 5.92. The first kappa shape index (κ1) is 25.9. The minimum absolute atomic E-state index is 0.258. The molecular weight excluding hydrogens is 496 g/mol. The van der Waals surface area contributed by atoms with Gasteiger partial charge in [0.05, 0.1) is 17.4 Å². The summed E-state index contributed by atoms with van der Waals surface area (Å²) in [6, 6.07) is 26.4. The fourth-order valence-corrected chi connectivity index (χ4v) is 10.6. The van der Waals surface area contributed by atoms with E-state index >= 15 is 0 Å². The van der Waals surface area contributed by atoms with Gasteiger partial charge in [0, 0.05) is 13.0 Å². The molecule has 8 heteroatoms. The fraction of sp³-hybridized carbons (Fsp3) is 0.300. The van der Waals surface area contributed by atoms with Crippen LogP contribution in [0.15, 0.2) is 84.9 Å². The molecule has 38 heavy (non-hydrogen) atoms. The highest BCUT2D eigenvalue weighted by Gasteiger charge is 2.54. The lowest BCUT2D eigenvalue weighted by atomic mass is 10.1. The van der Waals surface area contributed by atoms with Gasteiger partial charge in [-0.2, -0.15) is 0 Å². The van der Waals surface area contributed by atoms with Crippen LogP contribution in [0.1, 0.15) is 37.6 Å². The molecule has 2 atom stereocenters. The van der Waals surface area contributed by atoms with Crippen molar-refractivity contribution in [3.8, 4) is 0 Å². The molecule has 3 aromatic carbocycles. The van der Waals surface area contributed by atoms with Crippen LogP contribution in [-0.2, 0) is 14.0 Å². The summed E-state index contributed by atoms with van der Waals surface area (Å²) in [4.78, 5) is 41.9. The molecule has 0 saturated carbocycles. The molecule has 0 unspecified atom stereocenters. The number of carbonyl (C=O) groups excluding carboxylic acids is 2. The standard InChI is InChI=1S/C30H32N2O5Si/c1-30(2,3)38(22-12-6-4-7-13-22,23-14-8-5-9-15-23)37-21-18-26-29(36)32(20-27(33)34)25-17-11-10-16-24(25)28(35)31(26)19-21/h4-17,21,26H,18-20H2,1-3H3,(H,33,34)/t21-,26+/m1/s1. The summed E-state index contributed by atoms with van der Waals surface area (Å²) >= 11 is 0. The van der Waals surface area contributed by atoms with E-state index in [2.05, 4.69) is 45.0 Å². The highest BCUT2D eigenvalue weighted by molar-refractivity contribution is 6.99. The van der Waals surface area contributed by atoms with Gasteiger partial charge >= 0.3 is 5.97 Å². The predicted molar refractivity (Wildman–Crippen MR) is 148 cm³/mol. The summed E-state index contributed by atoms with van der Waals surface area (Å²) < 4.78 is 7.23. The lowest BCUT2D eigenvalue weighted by Crippen LogP contribution is -2.67. The minimum Gasteiger partial charge on any atom is -0.480 e. The molecule has 0 aliphatic carbocycles. The molecule has 0 bridgehead atoms. The molecule has 2 heterocycles. The third-order valence-electron chi connectivity index (χ3n) is 7.55. The van der Waals surface area contributed by atoms with Gasteiger partial charge < -0.3 is 14.4 Å². The van der Waals surface area contributed by atoms with Crippen molar-refractivity contribution in [2.75, 3.05) is 18.0 Å². The number of hydrogen-bond donors (Lipinski definition) is 1. The van der Waals surface area contributed by atoms with Crippen molar-refractivity contribution >= 4 is 42.2 Å². The third kappa shape index (κ3) is 4.33. The number of para-hydroxylation sites is 1. The molecular formula is C30H32N2O5Si. The van der Waals surface area contributed by atoms with E-state index in [-0.39, 0.29) is 23.4 Å². The smallest absolute Gasteiger partial charge is 0.323 e. The van der Waals surface area contributed by atoms with Gasteiger partial charge in [-0.15, -0.1) is 0 Å². The Bertz CT molecular complexity index is 1320. The second-order valence-electron chi connectivity index (χ2n) is 10.9. The third-order valence-corrected chi connectivity index (χ3v) is 12.6. The molecule has 0 aromatic heterocycles. The molecule has 3 aromatic rings. The first-order chi connectivity index (χ1) is 18.1. The summed E-state index contributed by atoms with van der Waals surface area (Å²) in [7, 11) is -2.91. The lowest BCUT2D eigenvalue weighted by Gasteiger charge is -2.44. The van der Waals surface area contributed by atoms with E-state index in [4.69, 9.17) is 4.43 Å². The van der Waals surface area contributed by atoms with Gasteiger partial charge in [0.1, 0.15) is 12.6 Å². The Morgan fingerprint density at radius 1 is 0.921 bits per heavy atom. The monoisotopic (exact) mass is 528 g/mol. The van der Waals surface area contributed by atoms with Crippen molar-refractivity contribution in [1.82, 2.24) is 4.90 Å². The zero-order valence-corrected chi connectivity index (χ0v) is 22.8. The van der Waals surface area contributed by atoms with Gasteiger partial charge in [-0.05, 0) is 27.5 Å². The Morgan fingerprint density at radius 3 is 2.03 bits per heavy atom. The number of benzene rings is 3. The number of anilines is 1. The number of carboxylic acids is 1. The Hall–Kier alpha value is -3.75. The summed E-state index contributed by atoms with van der Waals surface area (Å²) in [6.07, 6.45) is -0.0877.